The Kier molecular flexibility index (Phi) is 9.10. The minimum Gasteiger partial charge on any atom is -0.463 e. The van der Waals surface area contributed by atoms with E-state index < -0.39 is 0 Å². The molecule has 1 atom stereocenters. The summed E-state index contributed by atoms with van der Waals surface area (Å²) in [7, 11) is 1.78. The predicted octanol–water partition coefficient (Wildman–Crippen LogP) is 3.01. The molecular formula is C18H28IN3O2. The van der Waals surface area contributed by atoms with Crippen molar-refractivity contribution < 1.29 is 9.53 Å². The van der Waals surface area contributed by atoms with Crippen LogP contribution in [0.3, 0.4) is 0 Å². The second kappa shape index (κ2) is 10.5. The van der Waals surface area contributed by atoms with Crippen LogP contribution in [0.1, 0.15) is 38.2 Å². The lowest BCUT2D eigenvalue weighted by molar-refractivity contribution is -0.147. The van der Waals surface area contributed by atoms with Crippen LogP contribution < -0.4 is 5.32 Å². The first-order chi connectivity index (χ1) is 11.1. The number of nitrogens with one attached hydrogen (secondary N) is 1. The molecule has 1 fully saturated rings. The molecule has 0 aliphatic carbocycles. The van der Waals surface area contributed by atoms with Gasteiger partial charge in [-0.05, 0) is 25.8 Å². The van der Waals surface area contributed by atoms with Crippen LogP contribution in [0.5, 0.6) is 0 Å². The summed E-state index contributed by atoms with van der Waals surface area (Å²) in [5.74, 6) is 1.23. The molecule has 134 valence electrons. The highest BCUT2D eigenvalue weighted by Gasteiger charge is 2.25. The van der Waals surface area contributed by atoms with Crippen LogP contribution in [0.4, 0.5) is 0 Å². The van der Waals surface area contributed by atoms with E-state index >= 15 is 0 Å². The highest BCUT2D eigenvalue weighted by atomic mass is 127. The van der Waals surface area contributed by atoms with Crippen molar-refractivity contribution in [2.75, 3.05) is 26.7 Å². The molecule has 0 saturated carbocycles. The molecule has 1 aromatic rings. The number of rotatable bonds is 5. The Balaban J connectivity index is 0.00000288. The number of carbonyl (C=O) groups excluding carboxylic acids is 1. The minimum absolute atomic E-state index is 0. The van der Waals surface area contributed by atoms with Crippen LogP contribution in [0, 0.1) is 0 Å². The van der Waals surface area contributed by atoms with Gasteiger partial charge in [0.2, 0.25) is 0 Å². The molecule has 1 unspecified atom stereocenters. The maximum atomic E-state index is 11.6. The van der Waals surface area contributed by atoms with E-state index in [0.29, 0.717) is 18.9 Å². The lowest BCUT2D eigenvalue weighted by atomic mass is 9.99. The van der Waals surface area contributed by atoms with Crippen molar-refractivity contribution in [2.24, 2.45) is 4.99 Å². The Bertz CT molecular complexity index is 534. The zero-order chi connectivity index (χ0) is 16.7. The van der Waals surface area contributed by atoms with Crippen molar-refractivity contribution in [1.82, 2.24) is 10.2 Å². The molecule has 5 nitrogen and oxygen atoms in total. The summed E-state index contributed by atoms with van der Waals surface area (Å²) in [6, 6.07) is 10.6. The number of hydrogen-bond acceptors (Lipinski definition) is 3. The van der Waals surface area contributed by atoms with Gasteiger partial charge in [0.15, 0.2) is 5.96 Å². The van der Waals surface area contributed by atoms with Gasteiger partial charge in [0, 0.05) is 32.6 Å². The van der Waals surface area contributed by atoms with E-state index in [1.807, 2.05) is 19.9 Å². The Hall–Kier alpha value is -1.31. The van der Waals surface area contributed by atoms with Crippen LogP contribution in [-0.2, 0) is 9.53 Å². The molecule has 1 aliphatic rings. The topological polar surface area (TPSA) is 53.9 Å². The van der Waals surface area contributed by atoms with Crippen molar-refractivity contribution in [1.29, 1.82) is 0 Å². The van der Waals surface area contributed by atoms with Gasteiger partial charge >= 0.3 is 5.97 Å². The molecule has 1 heterocycles. The highest BCUT2D eigenvalue weighted by molar-refractivity contribution is 14.0. The fourth-order valence-electron chi connectivity index (χ4n) is 2.88. The van der Waals surface area contributed by atoms with E-state index in [2.05, 4.69) is 39.5 Å². The van der Waals surface area contributed by atoms with Crippen LogP contribution >= 0.6 is 24.0 Å². The maximum absolute atomic E-state index is 11.6. The number of carbonyl (C=O) groups is 1. The van der Waals surface area contributed by atoms with Crippen LogP contribution in [0.15, 0.2) is 35.3 Å². The van der Waals surface area contributed by atoms with Gasteiger partial charge in [-0.2, -0.15) is 0 Å². The SMILES string of the molecule is CN=C(NCCC(=O)OC(C)C)N1CCC(c2ccccc2)C1.I. The minimum atomic E-state index is -0.175. The molecule has 1 saturated heterocycles. The molecule has 0 spiro atoms. The second-order valence-corrected chi connectivity index (χ2v) is 6.10. The predicted molar refractivity (Wildman–Crippen MR) is 108 cm³/mol. The first-order valence-corrected chi connectivity index (χ1v) is 8.30. The van der Waals surface area contributed by atoms with Gasteiger partial charge in [-0.3, -0.25) is 9.79 Å². The van der Waals surface area contributed by atoms with E-state index in [-0.39, 0.29) is 36.0 Å². The number of benzene rings is 1. The van der Waals surface area contributed by atoms with E-state index in [0.717, 1.165) is 25.5 Å². The summed E-state index contributed by atoms with van der Waals surface area (Å²) in [5, 5.41) is 3.26. The summed E-state index contributed by atoms with van der Waals surface area (Å²) in [6.07, 6.45) is 1.42. The van der Waals surface area contributed by atoms with E-state index in [1.54, 1.807) is 7.05 Å². The molecule has 0 bridgehead atoms. The molecule has 0 radical (unpaired) electrons. The second-order valence-electron chi connectivity index (χ2n) is 6.10. The Morgan fingerprint density at radius 2 is 2.08 bits per heavy atom. The Morgan fingerprint density at radius 3 is 2.71 bits per heavy atom. The number of likely N-dealkylation sites (tertiary alicyclic amines) is 1. The summed E-state index contributed by atoms with van der Waals surface area (Å²) >= 11 is 0. The first kappa shape index (κ1) is 20.7. The third kappa shape index (κ3) is 6.30. The zero-order valence-corrected chi connectivity index (χ0v) is 17.0. The Morgan fingerprint density at radius 1 is 1.38 bits per heavy atom. The van der Waals surface area contributed by atoms with Gasteiger partial charge in [-0.15, -0.1) is 24.0 Å². The van der Waals surface area contributed by atoms with Gasteiger partial charge < -0.3 is 15.0 Å². The summed E-state index contributed by atoms with van der Waals surface area (Å²) < 4.78 is 5.13. The number of hydrogen-bond donors (Lipinski definition) is 1. The van der Waals surface area contributed by atoms with Gasteiger partial charge in [-0.25, -0.2) is 0 Å². The standard InChI is InChI=1S/C18H27N3O2.HI/c1-14(2)23-17(22)9-11-20-18(19-3)21-12-10-16(13-21)15-7-5-4-6-8-15;/h4-8,14,16H,9-13H2,1-3H3,(H,19,20);1H. The number of guanidine groups is 1. The van der Waals surface area contributed by atoms with Gasteiger partial charge in [0.25, 0.3) is 0 Å². The summed E-state index contributed by atoms with van der Waals surface area (Å²) in [5.41, 5.74) is 1.38. The van der Waals surface area contributed by atoms with E-state index in [4.69, 9.17) is 4.74 Å². The number of ether oxygens (including phenoxy) is 1. The van der Waals surface area contributed by atoms with Crippen molar-refractivity contribution in [3.8, 4) is 0 Å². The average Bonchev–Trinajstić information content (AvgIpc) is 3.01. The number of aliphatic imine (C=N–C) groups is 1. The highest BCUT2D eigenvalue weighted by Crippen LogP contribution is 2.26. The average molecular weight is 445 g/mol. The third-order valence-electron chi connectivity index (χ3n) is 3.95. The number of nitrogens with zero attached hydrogens (tertiary/aromatic N) is 2. The van der Waals surface area contributed by atoms with Gasteiger partial charge in [0.1, 0.15) is 0 Å². The molecule has 24 heavy (non-hydrogen) atoms. The summed E-state index contributed by atoms with van der Waals surface area (Å²) in [4.78, 5) is 18.2. The fraction of sp³-hybridized carbons (Fsp3) is 0.556. The van der Waals surface area contributed by atoms with E-state index in [9.17, 15) is 4.79 Å². The van der Waals surface area contributed by atoms with Crippen molar-refractivity contribution in [3.05, 3.63) is 35.9 Å². The molecule has 1 aromatic carbocycles. The smallest absolute Gasteiger partial charge is 0.307 e. The monoisotopic (exact) mass is 445 g/mol. The molecule has 2 rings (SSSR count). The van der Waals surface area contributed by atoms with Crippen LogP contribution in [0.2, 0.25) is 0 Å². The van der Waals surface area contributed by atoms with Gasteiger partial charge in [0.05, 0.1) is 12.5 Å². The van der Waals surface area contributed by atoms with Crippen molar-refractivity contribution >= 4 is 35.9 Å². The lowest BCUT2D eigenvalue weighted by Gasteiger charge is -2.21. The van der Waals surface area contributed by atoms with Crippen LogP contribution in [-0.4, -0.2) is 49.6 Å². The normalized spacial score (nSPS) is 17.6. The molecule has 0 amide bonds. The Labute approximate surface area is 161 Å². The largest absolute Gasteiger partial charge is 0.463 e. The maximum Gasteiger partial charge on any atom is 0.307 e. The number of halogens is 1. The molecular weight excluding hydrogens is 417 g/mol. The quantitative estimate of drug-likeness (QED) is 0.328. The van der Waals surface area contributed by atoms with E-state index in [1.165, 1.54) is 5.56 Å². The molecule has 0 aromatic heterocycles. The summed E-state index contributed by atoms with van der Waals surface area (Å²) in [6.45, 7) is 6.21. The number of esters is 1. The first-order valence-electron chi connectivity index (χ1n) is 8.30. The third-order valence-corrected chi connectivity index (χ3v) is 3.95. The van der Waals surface area contributed by atoms with Crippen molar-refractivity contribution in [2.45, 2.75) is 38.7 Å². The zero-order valence-electron chi connectivity index (χ0n) is 14.7. The molecule has 1 N–H and O–H groups in total. The van der Waals surface area contributed by atoms with Crippen molar-refractivity contribution in [3.63, 3.8) is 0 Å². The van der Waals surface area contributed by atoms with Crippen LogP contribution in [0.25, 0.3) is 0 Å². The van der Waals surface area contributed by atoms with Gasteiger partial charge in [-0.1, -0.05) is 30.3 Å². The lowest BCUT2D eigenvalue weighted by Crippen LogP contribution is -2.40. The fourth-order valence-corrected chi connectivity index (χ4v) is 2.88. The molecule has 6 heteroatoms. The molecule has 1 aliphatic heterocycles.